The molecule has 0 amide bonds. The van der Waals surface area contributed by atoms with Crippen molar-refractivity contribution in [3.8, 4) is 0 Å². The van der Waals surface area contributed by atoms with Crippen molar-refractivity contribution in [2.24, 2.45) is 5.92 Å². The Morgan fingerprint density at radius 1 is 0.912 bits per heavy atom. The first kappa shape index (κ1) is 23.0. The van der Waals surface area contributed by atoms with E-state index in [4.69, 9.17) is 0 Å². The standard InChI is InChI=1S/C31H33F2N/c1-22-10-15-27(33)19-30(22)29-9-4-7-25-6-2-3-8-28(25)31(29)26-13-11-23(12-14-26)18-24-20-34(21-24)17-5-16-32/h2-3,6,8,10-15,19,24H,4-5,7,9,16-18,20-21H2,1H3. The number of allylic oxidation sites excluding steroid dienone is 1. The van der Waals surface area contributed by atoms with Crippen LogP contribution in [0.2, 0.25) is 0 Å². The Bertz CT molecular complexity index is 1170. The molecular formula is C31H33F2N. The SMILES string of the molecule is Cc1ccc(F)cc1C1=C(c2ccc(CC3CN(CCCF)C3)cc2)c2ccccc2CCC1. The molecule has 0 atom stereocenters. The number of halogens is 2. The van der Waals surface area contributed by atoms with E-state index in [0.717, 1.165) is 56.4 Å². The summed E-state index contributed by atoms with van der Waals surface area (Å²) in [6, 6.07) is 22.9. The zero-order chi connectivity index (χ0) is 23.5. The molecule has 1 fully saturated rings. The van der Waals surface area contributed by atoms with E-state index in [1.165, 1.54) is 33.4 Å². The number of nitrogens with zero attached hydrogens (tertiary/aromatic N) is 1. The van der Waals surface area contributed by atoms with Crippen molar-refractivity contribution in [3.05, 3.63) is 106 Å². The summed E-state index contributed by atoms with van der Waals surface area (Å²) in [5, 5.41) is 0. The van der Waals surface area contributed by atoms with Crippen molar-refractivity contribution >= 4 is 11.1 Å². The molecule has 5 rings (SSSR count). The van der Waals surface area contributed by atoms with E-state index < -0.39 is 0 Å². The van der Waals surface area contributed by atoms with Crippen LogP contribution in [0.4, 0.5) is 8.78 Å². The van der Waals surface area contributed by atoms with Crippen molar-refractivity contribution in [1.82, 2.24) is 4.90 Å². The maximum Gasteiger partial charge on any atom is 0.123 e. The first-order chi connectivity index (χ1) is 16.6. The largest absolute Gasteiger partial charge is 0.303 e. The van der Waals surface area contributed by atoms with Crippen LogP contribution in [-0.4, -0.2) is 31.2 Å². The molecule has 0 saturated carbocycles. The summed E-state index contributed by atoms with van der Waals surface area (Å²) >= 11 is 0. The number of fused-ring (bicyclic) bond motifs is 1. The lowest BCUT2D eigenvalue weighted by atomic mass is 9.85. The summed E-state index contributed by atoms with van der Waals surface area (Å²) in [5.41, 5.74) is 9.83. The Balaban J connectivity index is 1.47. The van der Waals surface area contributed by atoms with Crippen molar-refractivity contribution in [1.29, 1.82) is 0 Å². The van der Waals surface area contributed by atoms with Gasteiger partial charge in [-0.2, -0.15) is 0 Å². The topological polar surface area (TPSA) is 3.24 Å². The zero-order valence-corrected chi connectivity index (χ0v) is 20.0. The Hall–Kier alpha value is -2.78. The number of hydrogen-bond acceptors (Lipinski definition) is 1. The van der Waals surface area contributed by atoms with Gasteiger partial charge in [0.05, 0.1) is 6.67 Å². The summed E-state index contributed by atoms with van der Waals surface area (Å²) in [7, 11) is 0. The highest BCUT2D eigenvalue weighted by molar-refractivity contribution is 6.00. The minimum atomic E-state index is -0.223. The third kappa shape index (κ3) is 4.86. The van der Waals surface area contributed by atoms with E-state index in [1.54, 1.807) is 12.1 Å². The Morgan fingerprint density at radius 3 is 2.50 bits per heavy atom. The van der Waals surface area contributed by atoms with E-state index in [0.29, 0.717) is 12.3 Å². The van der Waals surface area contributed by atoms with Gasteiger partial charge in [0.15, 0.2) is 0 Å². The second-order valence-electron chi connectivity index (χ2n) is 9.89. The van der Waals surface area contributed by atoms with Crippen molar-refractivity contribution in [2.75, 3.05) is 26.3 Å². The Labute approximate surface area is 202 Å². The Morgan fingerprint density at radius 2 is 1.71 bits per heavy atom. The van der Waals surface area contributed by atoms with Gasteiger partial charge in [0.1, 0.15) is 5.82 Å². The molecule has 176 valence electrons. The van der Waals surface area contributed by atoms with Gasteiger partial charge in [0, 0.05) is 19.6 Å². The van der Waals surface area contributed by atoms with E-state index in [-0.39, 0.29) is 12.5 Å². The predicted octanol–water partition coefficient (Wildman–Crippen LogP) is 7.26. The smallest absolute Gasteiger partial charge is 0.123 e. The molecule has 1 nitrogen and oxygen atoms in total. The lowest BCUT2D eigenvalue weighted by Crippen LogP contribution is -2.47. The minimum absolute atomic E-state index is 0.179. The third-order valence-electron chi connectivity index (χ3n) is 7.39. The highest BCUT2D eigenvalue weighted by Gasteiger charge is 2.26. The summed E-state index contributed by atoms with van der Waals surface area (Å²) in [4.78, 5) is 2.35. The fourth-order valence-electron chi connectivity index (χ4n) is 5.66. The van der Waals surface area contributed by atoms with Crippen LogP contribution in [0, 0.1) is 18.7 Å². The zero-order valence-electron chi connectivity index (χ0n) is 20.0. The maximum atomic E-state index is 14.3. The maximum absolute atomic E-state index is 14.3. The monoisotopic (exact) mass is 457 g/mol. The molecule has 0 N–H and O–H groups in total. The average molecular weight is 458 g/mol. The van der Waals surface area contributed by atoms with Gasteiger partial charge >= 0.3 is 0 Å². The molecule has 0 spiro atoms. The van der Waals surface area contributed by atoms with Gasteiger partial charge < -0.3 is 4.90 Å². The second kappa shape index (κ2) is 10.2. The molecule has 1 aliphatic heterocycles. The molecule has 1 aliphatic carbocycles. The summed E-state index contributed by atoms with van der Waals surface area (Å²) in [5.74, 6) is 0.482. The second-order valence-corrected chi connectivity index (χ2v) is 9.89. The van der Waals surface area contributed by atoms with Gasteiger partial charge in [-0.1, -0.05) is 54.6 Å². The molecule has 3 aromatic carbocycles. The van der Waals surface area contributed by atoms with Crippen LogP contribution in [0.25, 0.3) is 11.1 Å². The van der Waals surface area contributed by atoms with Crippen LogP contribution < -0.4 is 0 Å². The van der Waals surface area contributed by atoms with Gasteiger partial charge in [-0.25, -0.2) is 4.39 Å². The van der Waals surface area contributed by atoms with Crippen LogP contribution in [0.1, 0.15) is 52.6 Å². The third-order valence-corrected chi connectivity index (χ3v) is 7.39. The van der Waals surface area contributed by atoms with E-state index in [2.05, 4.69) is 60.4 Å². The average Bonchev–Trinajstić information content (AvgIpc) is 3.02. The number of hydrogen-bond donors (Lipinski definition) is 0. The molecule has 34 heavy (non-hydrogen) atoms. The van der Waals surface area contributed by atoms with Crippen molar-refractivity contribution in [3.63, 3.8) is 0 Å². The quantitative estimate of drug-likeness (QED) is 0.361. The molecule has 1 heterocycles. The van der Waals surface area contributed by atoms with Crippen LogP contribution in [0.15, 0.2) is 66.7 Å². The predicted molar refractivity (Wildman–Crippen MR) is 137 cm³/mol. The normalized spacial score (nSPS) is 16.8. The fourth-order valence-corrected chi connectivity index (χ4v) is 5.66. The minimum Gasteiger partial charge on any atom is -0.303 e. The van der Waals surface area contributed by atoms with Crippen molar-refractivity contribution < 1.29 is 8.78 Å². The number of rotatable bonds is 7. The van der Waals surface area contributed by atoms with Crippen molar-refractivity contribution in [2.45, 2.75) is 39.0 Å². The first-order valence-electron chi connectivity index (χ1n) is 12.6. The van der Waals surface area contributed by atoms with Gasteiger partial charge in [-0.3, -0.25) is 4.39 Å². The van der Waals surface area contributed by atoms with Crippen LogP contribution in [-0.2, 0) is 12.8 Å². The van der Waals surface area contributed by atoms with Gasteiger partial charge in [0.25, 0.3) is 0 Å². The number of alkyl halides is 1. The molecule has 3 heteroatoms. The molecule has 1 saturated heterocycles. The highest BCUT2D eigenvalue weighted by Crippen LogP contribution is 2.41. The molecular weight excluding hydrogens is 424 g/mol. The highest BCUT2D eigenvalue weighted by atomic mass is 19.1. The van der Waals surface area contributed by atoms with E-state index >= 15 is 0 Å². The molecule has 0 unspecified atom stereocenters. The number of benzene rings is 3. The van der Waals surface area contributed by atoms with Gasteiger partial charge in [-0.15, -0.1) is 0 Å². The van der Waals surface area contributed by atoms with E-state index in [9.17, 15) is 8.78 Å². The molecule has 0 bridgehead atoms. The Kier molecular flexibility index (Phi) is 6.92. The molecule has 0 radical (unpaired) electrons. The van der Waals surface area contributed by atoms with Crippen LogP contribution in [0.5, 0.6) is 0 Å². The molecule has 2 aliphatic rings. The van der Waals surface area contributed by atoms with Crippen LogP contribution in [0.3, 0.4) is 0 Å². The first-order valence-corrected chi connectivity index (χ1v) is 12.6. The summed E-state index contributed by atoms with van der Waals surface area (Å²) in [6.45, 7) is 4.88. The van der Waals surface area contributed by atoms with E-state index in [1.807, 2.05) is 6.07 Å². The van der Waals surface area contributed by atoms with Gasteiger partial charge in [-0.05, 0) is 102 Å². The summed E-state index contributed by atoms with van der Waals surface area (Å²) < 4.78 is 26.7. The lowest BCUT2D eigenvalue weighted by Gasteiger charge is -2.39. The lowest BCUT2D eigenvalue weighted by molar-refractivity contribution is 0.0968. The number of aryl methyl sites for hydroxylation is 2. The molecule has 0 aromatic heterocycles. The van der Waals surface area contributed by atoms with Gasteiger partial charge in [0.2, 0.25) is 0 Å². The summed E-state index contributed by atoms with van der Waals surface area (Å²) in [6.07, 6.45) is 4.75. The fraction of sp³-hybridized carbons (Fsp3) is 0.355. The van der Waals surface area contributed by atoms with Crippen LogP contribution >= 0.6 is 0 Å². The number of likely N-dealkylation sites (tertiary alicyclic amines) is 1. The molecule has 3 aromatic rings.